The van der Waals surface area contributed by atoms with Crippen LogP contribution in [0.2, 0.25) is 0 Å². The van der Waals surface area contributed by atoms with E-state index in [1.807, 2.05) is 19.9 Å². The van der Waals surface area contributed by atoms with Crippen LogP contribution in [0.3, 0.4) is 0 Å². The molecule has 0 spiro atoms. The lowest BCUT2D eigenvalue weighted by Gasteiger charge is -2.04. The van der Waals surface area contributed by atoms with Gasteiger partial charge in [-0.25, -0.2) is 0 Å². The number of aromatic nitrogens is 2. The molecule has 0 atom stereocenters. The fourth-order valence-electron chi connectivity index (χ4n) is 1.34. The van der Waals surface area contributed by atoms with Crippen molar-refractivity contribution in [1.29, 1.82) is 0 Å². The van der Waals surface area contributed by atoms with Crippen molar-refractivity contribution >= 4 is 5.97 Å². The highest BCUT2D eigenvalue weighted by Gasteiger charge is 2.07. The molecule has 0 amide bonds. The van der Waals surface area contributed by atoms with Crippen LogP contribution in [0, 0.1) is 13.8 Å². The van der Waals surface area contributed by atoms with Crippen LogP contribution in [0.25, 0.3) is 0 Å². The van der Waals surface area contributed by atoms with E-state index in [0.29, 0.717) is 0 Å². The summed E-state index contributed by atoms with van der Waals surface area (Å²) in [6, 6.07) is 1.84. The molecule has 0 N–H and O–H groups in total. The fourth-order valence-corrected chi connectivity index (χ4v) is 1.34. The molecule has 1 heterocycles. The molecule has 4 nitrogen and oxygen atoms in total. The number of rotatable bonds is 5. The molecule has 0 saturated heterocycles. The Morgan fingerprint density at radius 2 is 2.24 bits per heavy atom. The molecule has 1 aromatic heterocycles. The number of carbonyl (C=O) groups is 1. The van der Waals surface area contributed by atoms with E-state index in [1.165, 1.54) is 4.68 Å². The van der Waals surface area contributed by atoms with E-state index in [-0.39, 0.29) is 19.6 Å². The van der Waals surface area contributed by atoms with Crippen molar-refractivity contribution in [2.75, 3.05) is 6.61 Å². The van der Waals surface area contributed by atoms with Gasteiger partial charge in [0, 0.05) is 12.1 Å². The van der Waals surface area contributed by atoms with Crippen LogP contribution in [-0.4, -0.2) is 22.4 Å². The first-order valence-corrected chi connectivity index (χ1v) is 5.17. The Labute approximate surface area is 97.9 Å². The number of nitrogens with zero attached hydrogens (tertiary/aromatic N) is 2. The first-order valence-electron chi connectivity index (χ1n) is 5.17. The molecule has 1 aromatic rings. The van der Waals surface area contributed by atoms with Crippen molar-refractivity contribution in [2.24, 2.45) is 0 Å². The summed E-state index contributed by atoms with van der Waals surface area (Å²) in [5.41, 5.74) is 1.67. The minimum Gasteiger partial charge on any atom is -0.464 e. The summed E-state index contributed by atoms with van der Waals surface area (Å²) >= 11 is 0. The highest BCUT2D eigenvalue weighted by Crippen LogP contribution is 2.02. The molecule has 0 bridgehead atoms. The molecule has 17 heavy (non-hydrogen) atoms. The van der Waals surface area contributed by atoms with E-state index in [9.17, 15) is 13.6 Å². The Bertz CT molecular complexity index is 423. The molecule has 6 heteroatoms. The molecule has 1 rings (SSSR count). The van der Waals surface area contributed by atoms with Crippen LogP contribution >= 0.6 is 0 Å². The minimum absolute atomic E-state index is 0.00148. The van der Waals surface area contributed by atoms with E-state index >= 15 is 0 Å². The van der Waals surface area contributed by atoms with Gasteiger partial charge < -0.3 is 4.74 Å². The average molecular weight is 244 g/mol. The summed E-state index contributed by atoms with van der Waals surface area (Å²) in [7, 11) is 0. The maximum atomic E-state index is 11.7. The van der Waals surface area contributed by atoms with Gasteiger partial charge in [0.25, 0.3) is 6.08 Å². The van der Waals surface area contributed by atoms with E-state index in [4.69, 9.17) is 4.74 Å². The molecule has 0 fully saturated rings. The van der Waals surface area contributed by atoms with Crippen molar-refractivity contribution in [3.63, 3.8) is 0 Å². The monoisotopic (exact) mass is 244 g/mol. The molecule has 0 unspecified atom stereocenters. The highest BCUT2D eigenvalue weighted by atomic mass is 19.3. The molecular weight excluding hydrogens is 230 g/mol. The topological polar surface area (TPSA) is 44.1 Å². The van der Waals surface area contributed by atoms with Gasteiger partial charge in [-0.1, -0.05) is 0 Å². The predicted octanol–water partition coefficient (Wildman–Crippen LogP) is 2.21. The van der Waals surface area contributed by atoms with Crippen LogP contribution in [-0.2, 0) is 16.1 Å². The second-order valence-electron chi connectivity index (χ2n) is 3.59. The van der Waals surface area contributed by atoms with Crippen molar-refractivity contribution < 1.29 is 18.3 Å². The van der Waals surface area contributed by atoms with E-state index in [1.54, 1.807) is 0 Å². The molecule has 0 radical (unpaired) electrons. The summed E-state index contributed by atoms with van der Waals surface area (Å²) in [6.45, 7) is 3.61. The lowest BCUT2D eigenvalue weighted by molar-refractivity contribution is -0.144. The lowest BCUT2D eigenvalue weighted by Crippen LogP contribution is -2.16. The van der Waals surface area contributed by atoms with Crippen LogP contribution in [0.5, 0.6) is 0 Å². The quantitative estimate of drug-likeness (QED) is 0.589. The third kappa shape index (κ3) is 4.76. The molecule has 94 valence electrons. The van der Waals surface area contributed by atoms with Crippen LogP contribution < -0.4 is 0 Å². The van der Waals surface area contributed by atoms with Crippen LogP contribution in [0.15, 0.2) is 18.2 Å². The van der Waals surface area contributed by atoms with Crippen molar-refractivity contribution in [1.82, 2.24) is 9.78 Å². The predicted molar refractivity (Wildman–Crippen MR) is 57.6 cm³/mol. The van der Waals surface area contributed by atoms with Crippen molar-refractivity contribution in [3.05, 3.63) is 29.6 Å². The molecule has 0 aliphatic heterocycles. The Kier molecular flexibility index (Phi) is 4.81. The summed E-state index contributed by atoms with van der Waals surface area (Å²) in [5.74, 6) is -0.483. The highest BCUT2D eigenvalue weighted by molar-refractivity contribution is 5.69. The van der Waals surface area contributed by atoms with Gasteiger partial charge in [0.2, 0.25) is 0 Å². The molecular formula is C11H14F2N2O2. The van der Waals surface area contributed by atoms with E-state index < -0.39 is 12.0 Å². The Balaban J connectivity index is 2.35. The molecule has 0 aliphatic carbocycles. The summed E-state index contributed by atoms with van der Waals surface area (Å²) in [6.07, 6.45) is -1.03. The maximum Gasteiger partial charge on any atom is 0.327 e. The van der Waals surface area contributed by atoms with Gasteiger partial charge in [-0.05, 0) is 26.0 Å². The fraction of sp³-hybridized carbons (Fsp3) is 0.455. The van der Waals surface area contributed by atoms with Crippen molar-refractivity contribution in [2.45, 2.75) is 26.8 Å². The third-order valence-electron chi connectivity index (χ3n) is 2.06. The first kappa shape index (κ1) is 13.3. The zero-order valence-corrected chi connectivity index (χ0v) is 9.74. The van der Waals surface area contributed by atoms with Crippen molar-refractivity contribution in [3.8, 4) is 0 Å². The number of hydrogen-bond acceptors (Lipinski definition) is 3. The molecule has 0 saturated carbocycles. The second-order valence-corrected chi connectivity index (χ2v) is 3.59. The normalized spacial score (nSPS) is 10.1. The lowest BCUT2D eigenvalue weighted by atomic mass is 10.4. The third-order valence-corrected chi connectivity index (χ3v) is 2.06. The van der Waals surface area contributed by atoms with Gasteiger partial charge in [0.1, 0.15) is 6.54 Å². The van der Waals surface area contributed by atoms with Gasteiger partial charge in [0.15, 0.2) is 0 Å². The number of carbonyl (C=O) groups excluding carboxylic acids is 1. The zero-order chi connectivity index (χ0) is 12.8. The number of ether oxygens (including phenoxy) is 1. The Hall–Kier alpha value is -1.72. The molecule has 0 aliphatic rings. The van der Waals surface area contributed by atoms with Crippen LogP contribution in [0.1, 0.15) is 17.8 Å². The van der Waals surface area contributed by atoms with Gasteiger partial charge >= 0.3 is 5.97 Å². The summed E-state index contributed by atoms with van der Waals surface area (Å²) < 4.78 is 29.6. The maximum absolute atomic E-state index is 11.7. The van der Waals surface area contributed by atoms with Gasteiger partial charge in [0.05, 0.1) is 12.3 Å². The first-order chi connectivity index (χ1) is 7.99. The average Bonchev–Trinajstić information content (AvgIpc) is 2.52. The number of halogens is 2. The standard InChI is InChI=1S/C11H14F2N2O2/c1-8-6-9(2)15(14-8)7-11(16)17-5-3-4-10(12)13/h4,6H,3,5,7H2,1-2H3. The SMILES string of the molecule is Cc1cc(C)n(CC(=O)OCCC=C(F)F)n1. The van der Waals surface area contributed by atoms with E-state index in [2.05, 4.69) is 5.10 Å². The van der Waals surface area contributed by atoms with E-state index in [0.717, 1.165) is 17.5 Å². The summed E-state index contributed by atoms with van der Waals surface area (Å²) in [5, 5.41) is 4.09. The number of aryl methyl sites for hydroxylation is 2. The van der Waals surface area contributed by atoms with Gasteiger partial charge in [-0.15, -0.1) is 0 Å². The number of esters is 1. The van der Waals surface area contributed by atoms with Gasteiger partial charge in [-0.3, -0.25) is 9.48 Å². The second kappa shape index (κ2) is 6.12. The largest absolute Gasteiger partial charge is 0.464 e. The Morgan fingerprint density at radius 3 is 2.76 bits per heavy atom. The Morgan fingerprint density at radius 1 is 1.53 bits per heavy atom. The smallest absolute Gasteiger partial charge is 0.327 e. The zero-order valence-electron chi connectivity index (χ0n) is 9.74. The number of hydrogen-bond donors (Lipinski definition) is 0. The molecule has 0 aromatic carbocycles. The summed E-state index contributed by atoms with van der Waals surface area (Å²) in [4.78, 5) is 11.3. The van der Waals surface area contributed by atoms with Gasteiger partial charge in [-0.2, -0.15) is 13.9 Å². The van der Waals surface area contributed by atoms with Crippen LogP contribution in [0.4, 0.5) is 8.78 Å². The minimum atomic E-state index is -1.76.